The van der Waals surface area contributed by atoms with E-state index in [4.69, 9.17) is 14.2 Å². The van der Waals surface area contributed by atoms with Gasteiger partial charge in [0.2, 0.25) is 0 Å². The smallest absolute Gasteiger partial charge is 0.407 e. The van der Waals surface area contributed by atoms with Crippen LogP contribution in [-0.4, -0.2) is 54.7 Å². The number of aromatic nitrogens is 1. The molecule has 4 aromatic rings. The lowest BCUT2D eigenvalue weighted by Gasteiger charge is -2.20. The summed E-state index contributed by atoms with van der Waals surface area (Å²) in [5.41, 5.74) is 5.03. The first-order valence-corrected chi connectivity index (χ1v) is 18.0. The first-order valence-electron chi connectivity index (χ1n) is 17.1. The number of hydrogen-bond donors (Lipinski definition) is 3. The zero-order chi connectivity index (χ0) is 38.0. The van der Waals surface area contributed by atoms with Crippen molar-refractivity contribution in [2.45, 2.75) is 74.0 Å². The van der Waals surface area contributed by atoms with Crippen LogP contribution in [0.3, 0.4) is 0 Å². The highest BCUT2D eigenvalue weighted by Crippen LogP contribution is 2.43. The van der Waals surface area contributed by atoms with Gasteiger partial charge in [0.25, 0.3) is 11.8 Å². The number of rotatable bonds is 8. The Morgan fingerprint density at radius 3 is 2.25 bits per heavy atom. The third-order valence-corrected chi connectivity index (χ3v) is 9.22. The molecular formula is C40H46N4O7S. The number of nitrogens with one attached hydrogen (secondary N) is 3. The number of amides is 3. The van der Waals surface area contributed by atoms with Crippen molar-refractivity contribution in [3.05, 3.63) is 87.0 Å². The molecule has 0 spiro atoms. The van der Waals surface area contributed by atoms with Crippen LogP contribution >= 0.6 is 11.3 Å². The van der Waals surface area contributed by atoms with Gasteiger partial charge >= 0.3 is 12.1 Å². The molecule has 3 amide bonds. The number of hydrogen-bond acceptors (Lipinski definition) is 9. The first-order chi connectivity index (χ1) is 24.4. The summed E-state index contributed by atoms with van der Waals surface area (Å²) in [6.07, 6.45) is 0.179. The number of carbonyl (C=O) groups is 4. The minimum Gasteiger partial charge on any atom is -0.493 e. The number of methoxy groups -OCH3 is 1. The molecule has 1 aliphatic rings. The molecule has 0 bridgehead atoms. The molecule has 3 N–H and O–H groups in total. The van der Waals surface area contributed by atoms with Crippen molar-refractivity contribution in [1.82, 2.24) is 15.6 Å². The van der Waals surface area contributed by atoms with E-state index in [1.165, 1.54) is 13.2 Å². The molecule has 52 heavy (non-hydrogen) atoms. The number of esters is 1. The number of anilines is 1. The lowest BCUT2D eigenvalue weighted by molar-refractivity contribution is 0.0522. The molecule has 0 saturated heterocycles. The Bertz CT molecular complexity index is 2020. The number of benzene rings is 2. The van der Waals surface area contributed by atoms with Crippen LogP contribution in [0.15, 0.2) is 47.8 Å². The van der Waals surface area contributed by atoms with Crippen molar-refractivity contribution in [2.75, 3.05) is 25.6 Å². The minimum absolute atomic E-state index is 0.0427. The number of pyridine rings is 1. The van der Waals surface area contributed by atoms with E-state index in [0.717, 1.165) is 32.7 Å². The summed E-state index contributed by atoms with van der Waals surface area (Å²) in [5, 5.41) is 10.8. The van der Waals surface area contributed by atoms with E-state index in [1.807, 2.05) is 52.1 Å². The molecule has 0 saturated carbocycles. The molecule has 1 aliphatic heterocycles. The molecular weight excluding hydrogens is 681 g/mol. The summed E-state index contributed by atoms with van der Waals surface area (Å²) < 4.78 is 16.7. The summed E-state index contributed by atoms with van der Waals surface area (Å²) in [6.45, 7) is 16.2. The third-order valence-electron chi connectivity index (χ3n) is 8.23. The average Bonchev–Trinajstić information content (AvgIpc) is 3.47. The zero-order valence-electron chi connectivity index (χ0n) is 31.2. The van der Waals surface area contributed by atoms with E-state index < -0.39 is 29.5 Å². The van der Waals surface area contributed by atoms with Gasteiger partial charge in [0.1, 0.15) is 17.0 Å². The van der Waals surface area contributed by atoms with Gasteiger partial charge in [-0.3, -0.25) is 9.59 Å². The molecule has 2 aromatic carbocycles. The van der Waals surface area contributed by atoms with Gasteiger partial charge in [-0.25, -0.2) is 14.6 Å². The van der Waals surface area contributed by atoms with Gasteiger partial charge in [-0.1, -0.05) is 32.9 Å². The Morgan fingerprint density at radius 1 is 0.885 bits per heavy atom. The van der Waals surface area contributed by atoms with Crippen molar-refractivity contribution in [3.8, 4) is 27.3 Å². The van der Waals surface area contributed by atoms with Crippen molar-refractivity contribution in [1.29, 1.82) is 0 Å². The maximum Gasteiger partial charge on any atom is 0.407 e. The minimum atomic E-state index is -0.759. The summed E-state index contributed by atoms with van der Waals surface area (Å²) in [4.78, 5) is 58.5. The molecule has 0 aliphatic carbocycles. The summed E-state index contributed by atoms with van der Waals surface area (Å²) >= 11 is 1.56. The molecule has 5 rings (SSSR count). The molecule has 0 atom stereocenters. The summed E-state index contributed by atoms with van der Waals surface area (Å²) in [7, 11) is 1.24. The van der Waals surface area contributed by atoms with E-state index in [1.54, 1.807) is 50.3 Å². The fourth-order valence-corrected chi connectivity index (χ4v) is 6.82. The lowest BCUT2D eigenvalue weighted by atomic mass is 9.93. The van der Waals surface area contributed by atoms with E-state index in [9.17, 15) is 19.2 Å². The number of fused-ring (bicyclic) bond motifs is 3. The first kappa shape index (κ1) is 38.0. The Morgan fingerprint density at radius 2 is 1.60 bits per heavy atom. The molecule has 0 unspecified atom stereocenters. The molecule has 11 nitrogen and oxygen atoms in total. The highest BCUT2D eigenvalue weighted by atomic mass is 32.1. The van der Waals surface area contributed by atoms with Crippen LogP contribution in [0.2, 0.25) is 0 Å². The topological polar surface area (TPSA) is 145 Å². The van der Waals surface area contributed by atoms with Crippen LogP contribution in [0.5, 0.6) is 5.75 Å². The summed E-state index contributed by atoms with van der Waals surface area (Å²) in [5.74, 6) is -1.06. The number of nitrogens with zero attached hydrogens (tertiary/aromatic N) is 1. The number of alkyl carbamates (subject to hydrolysis) is 1. The van der Waals surface area contributed by atoms with Gasteiger partial charge in [0, 0.05) is 52.3 Å². The Labute approximate surface area is 308 Å². The molecule has 12 heteroatoms. The van der Waals surface area contributed by atoms with Crippen LogP contribution in [-0.2, 0) is 22.4 Å². The van der Waals surface area contributed by atoms with Crippen LogP contribution < -0.4 is 20.7 Å². The normalized spacial score (nSPS) is 12.4. The highest BCUT2D eigenvalue weighted by molar-refractivity contribution is 7.13. The second-order valence-electron chi connectivity index (χ2n) is 15.0. The third kappa shape index (κ3) is 8.97. The van der Waals surface area contributed by atoms with Gasteiger partial charge in [-0.2, -0.15) is 0 Å². The lowest BCUT2D eigenvalue weighted by Crippen LogP contribution is -2.33. The average molecular weight is 727 g/mol. The van der Waals surface area contributed by atoms with Gasteiger partial charge in [0.15, 0.2) is 5.69 Å². The van der Waals surface area contributed by atoms with Crippen LogP contribution in [0.4, 0.5) is 10.5 Å². The van der Waals surface area contributed by atoms with Crippen molar-refractivity contribution >= 4 is 40.9 Å². The predicted molar refractivity (Wildman–Crippen MR) is 202 cm³/mol. The quantitative estimate of drug-likeness (QED) is 0.156. The van der Waals surface area contributed by atoms with Crippen molar-refractivity contribution in [3.63, 3.8) is 0 Å². The van der Waals surface area contributed by atoms with E-state index in [0.29, 0.717) is 42.1 Å². The predicted octanol–water partition coefficient (Wildman–Crippen LogP) is 7.87. The van der Waals surface area contributed by atoms with Crippen LogP contribution in [0.25, 0.3) is 21.6 Å². The fraction of sp³-hybridized carbons (Fsp3) is 0.375. The molecule has 0 radical (unpaired) electrons. The molecule has 274 valence electrons. The van der Waals surface area contributed by atoms with E-state index in [-0.39, 0.29) is 28.9 Å². The standard InChI is InChI=1S/C40H46N4O7S/c1-22-16-24(20-41-38(48)51-40(6,7)8)17-23(2)32(22)44-35(45)28-18-29-31(50-14-12-25-13-15-52-34(25)29)19-27(28)26-10-11-30(43-33(26)37(47)49-9)36(46)42-21-39(3,4)5/h10-11,13,15-19H,12,14,20-21H2,1-9H3,(H,41,48)(H,42,46)(H,44,45). The van der Waals surface area contributed by atoms with Gasteiger partial charge < -0.3 is 30.2 Å². The maximum atomic E-state index is 14.4. The van der Waals surface area contributed by atoms with Crippen molar-refractivity contribution < 1.29 is 33.4 Å². The SMILES string of the molecule is COC(=O)c1nc(C(=O)NCC(C)(C)C)ccc1-c1cc2c(cc1C(=O)Nc1c(C)cc(CNC(=O)OC(C)(C)C)cc1C)-c1sccc1CCO2. The largest absolute Gasteiger partial charge is 0.493 e. The number of carbonyl (C=O) groups excluding carboxylic acids is 4. The second-order valence-corrected chi connectivity index (χ2v) is 15.9. The Kier molecular flexibility index (Phi) is 11.1. The van der Waals surface area contributed by atoms with Gasteiger partial charge in [-0.15, -0.1) is 11.3 Å². The van der Waals surface area contributed by atoms with E-state index >= 15 is 0 Å². The number of ether oxygens (including phenoxy) is 3. The second kappa shape index (κ2) is 15.2. The Hall–Kier alpha value is -5.23. The van der Waals surface area contributed by atoms with Crippen LogP contribution in [0, 0.1) is 19.3 Å². The zero-order valence-corrected chi connectivity index (χ0v) is 32.0. The molecule has 0 fully saturated rings. The Balaban J connectivity index is 1.56. The molecule has 3 heterocycles. The van der Waals surface area contributed by atoms with Crippen LogP contribution in [0.1, 0.15) is 95.1 Å². The monoisotopic (exact) mass is 726 g/mol. The number of aryl methyl sites for hydroxylation is 2. The molecule has 2 aromatic heterocycles. The maximum absolute atomic E-state index is 14.4. The van der Waals surface area contributed by atoms with Gasteiger partial charge in [0.05, 0.1) is 13.7 Å². The van der Waals surface area contributed by atoms with E-state index in [2.05, 4.69) is 27.0 Å². The number of thiophene rings is 1. The highest BCUT2D eigenvalue weighted by Gasteiger charge is 2.28. The summed E-state index contributed by atoms with van der Waals surface area (Å²) in [6, 6.07) is 12.5. The van der Waals surface area contributed by atoms with Gasteiger partial charge in [-0.05, 0) is 98.0 Å². The fourth-order valence-electron chi connectivity index (χ4n) is 5.84. The van der Waals surface area contributed by atoms with Crippen molar-refractivity contribution in [2.24, 2.45) is 5.41 Å².